The predicted molar refractivity (Wildman–Crippen MR) is 110 cm³/mol. The smallest absolute Gasteiger partial charge is 0.271 e. The summed E-state index contributed by atoms with van der Waals surface area (Å²) in [6.07, 6.45) is 4.94. The molecule has 0 radical (unpaired) electrons. The number of rotatable bonds is 4. The summed E-state index contributed by atoms with van der Waals surface area (Å²) in [4.78, 5) is 31.4. The van der Waals surface area contributed by atoms with Crippen molar-refractivity contribution in [3.63, 3.8) is 0 Å². The lowest BCUT2D eigenvalue weighted by atomic mass is 9.96. The van der Waals surface area contributed by atoms with E-state index in [2.05, 4.69) is 20.5 Å². The molecule has 0 aliphatic carbocycles. The maximum atomic E-state index is 12.9. The molecule has 3 heterocycles. The highest BCUT2D eigenvalue weighted by molar-refractivity contribution is 5.96. The van der Waals surface area contributed by atoms with Crippen molar-refractivity contribution in [1.82, 2.24) is 20.1 Å². The zero-order valence-corrected chi connectivity index (χ0v) is 16.3. The molecule has 0 saturated carbocycles. The molecule has 1 aliphatic heterocycles. The van der Waals surface area contributed by atoms with Gasteiger partial charge in [-0.05, 0) is 49.6 Å². The number of hydrogen-bond donors (Lipinski definition) is 2. The van der Waals surface area contributed by atoms with Crippen LogP contribution in [0.25, 0.3) is 11.3 Å². The van der Waals surface area contributed by atoms with Gasteiger partial charge in [0, 0.05) is 36.7 Å². The molecule has 1 fully saturated rings. The van der Waals surface area contributed by atoms with E-state index in [9.17, 15) is 9.59 Å². The number of hydrogen-bond acceptors (Lipinski definition) is 4. The van der Waals surface area contributed by atoms with Gasteiger partial charge < -0.3 is 10.2 Å². The first-order chi connectivity index (χ1) is 14.1. The largest absolute Gasteiger partial charge is 0.337 e. The van der Waals surface area contributed by atoms with Gasteiger partial charge >= 0.3 is 0 Å². The van der Waals surface area contributed by atoms with Crippen molar-refractivity contribution in [2.24, 2.45) is 5.92 Å². The molecule has 29 heavy (non-hydrogen) atoms. The van der Waals surface area contributed by atoms with Gasteiger partial charge in [0.2, 0.25) is 5.91 Å². The molecule has 7 heteroatoms. The van der Waals surface area contributed by atoms with Crippen LogP contribution in [0.4, 0.5) is 5.69 Å². The number of aryl methyl sites for hydroxylation is 1. The first-order valence-corrected chi connectivity index (χ1v) is 9.73. The highest BCUT2D eigenvalue weighted by Gasteiger charge is 2.30. The fraction of sp³-hybridized carbons (Fsp3) is 0.273. The summed E-state index contributed by atoms with van der Waals surface area (Å²) in [5.41, 5.74) is 3.85. The number of para-hydroxylation sites is 1. The minimum absolute atomic E-state index is 0.0427. The molecular weight excluding hydrogens is 366 g/mol. The summed E-state index contributed by atoms with van der Waals surface area (Å²) < 4.78 is 0. The Hall–Kier alpha value is -3.48. The Morgan fingerprint density at radius 2 is 1.97 bits per heavy atom. The molecule has 1 atom stereocenters. The van der Waals surface area contributed by atoms with Crippen molar-refractivity contribution >= 4 is 17.5 Å². The number of H-pyrrole nitrogens is 1. The summed E-state index contributed by atoms with van der Waals surface area (Å²) in [5, 5.41) is 10.1. The molecule has 2 aromatic heterocycles. The number of amides is 2. The number of aromatic amines is 1. The molecule has 1 unspecified atom stereocenters. The molecule has 7 nitrogen and oxygen atoms in total. The standard InChI is InChI=1S/C22H23N5O2/c1-15-5-2-3-7-18(15)24-21(28)17-6-4-12-27(14-17)22(29)20-13-19(25-26-20)16-8-10-23-11-9-16/h2-3,5,7-11,13,17H,4,6,12,14H2,1H3,(H,24,28)(H,25,26). The summed E-state index contributed by atoms with van der Waals surface area (Å²) >= 11 is 0. The summed E-state index contributed by atoms with van der Waals surface area (Å²) in [5.74, 6) is -0.403. The zero-order chi connectivity index (χ0) is 20.2. The minimum Gasteiger partial charge on any atom is -0.337 e. The minimum atomic E-state index is -0.227. The van der Waals surface area contributed by atoms with Crippen LogP contribution in [0.15, 0.2) is 54.9 Å². The van der Waals surface area contributed by atoms with Crippen LogP contribution >= 0.6 is 0 Å². The summed E-state index contributed by atoms with van der Waals surface area (Å²) in [6.45, 7) is 3.00. The topological polar surface area (TPSA) is 91.0 Å². The van der Waals surface area contributed by atoms with E-state index < -0.39 is 0 Å². The molecule has 0 spiro atoms. The molecule has 4 rings (SSSR count). The number of likely N-dealkylation sites (tertiary alicyclic amines) is 1. The number of nitrogens with one attached hydrogen (secondary N) is 2. The summed E-state index contributed by atoms with van der Waals surface area (Å²) in [6, 6.07) is 13.1. The fourth-order valence-corrected chi connectivity index (χ4v) is 3.60. The van der Waals surface area contributed by atoms with Crippen LogP contribution in [0.3, 0.4) is 0 Å². The Kier molecular flexibility index (Phi) is 5.37. The lowest BCUT2D eigenvalue weighted by Gasteiger charge is -2.31. The second kappa shape index (κ2) is 8.26. The van der Waals surface area contributed by atoms with Crippen molar-refractivity contribution in [3.8, 4) is 11.3 Å². The van der Waals surface area contributed by atoms with Crippen molar-refractivity contribution in [1.29, 1.82) is 0 Å². The van der Waals surface area contributed by atoms with Crippen LogP contribution in [-0.4, -0.2) is 45.0 Å². The highest BCUT2D eigenvalue weighted by Crippen LogP contribution is 2.23. The monoisotopic (exact) mass is 389 g/mol. The van der Waals surface area contributed by atoms with E-state index in [1.54, 1.807) is 23.4 Å². The van der Waals surface area contributed by atoms with Crippen LogP contribution < -0.4 is 5.32 Å². The molecule has 2 N–H and O–H groups in total. The van der Waals surface area contributed by atoms with Gasteiger partial charge in [-0.1, -0.05) is 18.2 Å². The average Bonchev–Trinajstić information content (AvgIpc) is 3.26. The lowest BCUT2D eigenvalue weighted by molar-refractivity contribution is -0.121. The normalized spacial score (nSPS) is 16.4. The quantitative estimate of drug-likeness (QED) is 0.716. The van der Waals surface area contributed by atoms with Gasteiger partial charge in [0.25, 0.3) is 5.91 Å². The third kappa shape index (κ3) is 4.18. The molecule has 148 valence electrons. The first kappa shape index (κ1) is 18.9. The molecule has 3 aromatic rings. The maximum absolute atomic E-state index is 12.9. The number of benzene rings is 1. The Bertz CT molecular complexity index is 1010. The lowest BCUT2D eigenvalue weighted by Crippen LogP contribution is -2.44. The van der Waals surface area contributed by atoms with E-state index in [0.29, 0.717) is 24.5 Å². The second-order valence-corrected chi connectivity index (χ2v) is 7.30. The first-order valence-electron chi connectivity index (χ1n) is 9.73. The third-order valence-electron chi connectivity index (χ3n) is 5.27. The third-order valence-corrected chi connectivity index (χ3v) is 5.27. The Morgan fingerprint density at radius 3 is 2.76 bits per heavy atom. The number of aromatic nitrogens is 3. The molecule has 1 aliphatic rings. The van der Waals surface area contributed by atoms with Gasteiger partial charge in [-0.25, -0.2) is 0 Å². The van der Waals surface area contributed by atoms with Gasteiger partial charge in [-0.2, -0.15) is 5.10 Å². The van der Waals surface area contributed by atoms with Crippen LogP contribution in [0.2, 0.25) is 0 Å². The van der Waals surface area contributed by atoms with Crippen LogP contribution in [0.5, 0.6) is 0 Å². The SMILES string of the molecule is Cc1ccccc1NC(=O)C1CCCN(C(=O)c2cc(-c3ccncc3)n[nH]2)C1. The van der Waals surface area contributed by atoms with Gasteiger partial charge in [0.1, 0.15) is 5.69 Å². The molecule has 1 aromatic carbocycles. The Balaban J connectivity index is 1.43. The van der Waals surface area contributed by atoms with E-state index in [0.717, 1.165) is 29.7 Å². The molecular formula is C22H23N5O2. The molecule has 0 bridgehead atoms. The Labute approximate surface area is 169 Å². The van der Waals surface area contributed by atoms with Crippen molar-refractivity contribution in [2.45, 2.75) is 19.8 Å². The number of piperidine rings is 1. The summed E-state index contributed by atoms with van der Waals surface area (Å²) in [7, 11) is 0. The number of anilines is 1. The van der Waals surface area contributed by atoms with Crippen molar-refractivity contribution in [3.05, 3.63) is 66.1 Å². The number of pyridine rings is 1. The van der Waals surface area contributed by atoms with E-state index in [1.165, 1.54) is 0 Å². The second-order valence-electron chi connectivity index (χ2n) is 7.30. The van der Waals surface area contributed by atoms with Crippen molar-refractivity contribution in [2.75, 3.05) is 18.4 Å². The van der Waals surface area contributed by atoms with Gasteiger partial charge in [0.15, 0.2) is 0 Å². The number of carbonyl (C=O) groups excluding carboxylic acids is 2. The highest BCUT2D eigenvalue weighted by atomic mass is 16.2. The van der Waals surface area contributed by atoms with E-state index in [-0.39, 0.29) is 17.7 Å². The Morgan fingerprint density at radius 1 is 1.17 bits per heavy atom. The zero-order valence-electron chi connectivity index (χ0n) is 16.3. The fourth-order valence-electron chi connectivity index (χ4n) is 3.60. The van der Waals surface area contributed by atoms with Crippen molar-refractivity contribution < 1.29 is 9.59 Å². The van der Waals surface area contributed by atoms with Gasteiger partial charge in [-0.3, -0.25) is 19.7 Å². The molecule has 2 amide bonds. The maximum Gasteiger partial charge on any atom is 0.271 e. The van der Waals surface area contributed by atoms with Gasteiger partial charge in [0.05, 0.1) is 11.6 Å². The average molecular weight is 389 g/mol. The van der Waals surface area contributed by atoms with Crippen LogP contribution in [0.1, 0.15) is 28.9 Å². The van der Waals surface area contributed by atoms with E-state index in [1.807, 2.05) is 43.3 Å². The molecule has 1 saturated heterocycles. The number of nitrogens with zero attached hydrogens (tertiary/aromatic N) is 3. The number of carbonyl (C=O) groups is 2. The van der Waals surface area contributed by atoms with E-state index in [4.69, 9.17) is 0 Å². The van der Waals surface area contributed by atoms with Crippen LogP contribution in [0, 0.1) is 12.8 Å². The van der Waals surface area contributed by atoms with E-state index >= 15 is 0 Å². The van der Waals surface area contributed by atoms with Gasteiger partial charge in [-0.15, -0.1) is 0 Å². The van der Waals surface area contributed by atoms with Crippen LogP contribution in [-0.2, 0) is 4.79 Å². The predicted octanol–water partition coefficient (Wildman–Crippen LogP) is 3.27.